The maximum absolute atomic E-state index is 12.5. The van der Waals surface area contributed by atoms with E-state index in [4.69, 9.17) is 14.0 Å². The summed E-state index contributed by atoms with van der Waals surface area (Å²) in [6.45, 7) is 8.69. The summed E-state index contributed by atoms with van der Waals surface area (Å²) in [6.07, 6.45) is 1.40. The van der Waals surface area contributed by atoms with Gasteiger partial charge in [-0.25, -0.2) is 4.79 Å². The van der Waals surface area contributed by atoms with Crippen molar-refractivity contribution >= 4 is 11.9 Å². The van der Waals surface area contributed by atoms with Crippen LogP contribution in [0.2, 0.25) is 0 Å². The van der Waals surface area contributed by atoms with Crippen molar-refractivity contribution in [1.29, 1.82) is 0 Å². The van der Waals surface area contributed by atoms with Gasteiger partial charge in [0.1, 0.15) is 17.4 Å². The van der Waals surface area contributed by atoms with Gasteiger partial charge in [-0.1, -0.05) is 12.1 Å². The molecule has 0 aromatic carbocycles. The number of hydrogen-bond acceptors (Lipinski definition) is 7. The predicted molar refractivity (Wildman–Crippen MR) is 91.6 cm³/mol. The summed E-state index contributed by atoms with van der Waals surface area (Å²) in [7, 11) is 0. The molecule has 8 nitrogen and oxygen atoms in total. The minimum Gasteiger partial charge on any atom is -0.444 e. The van der Waals surface area contributed by atoms with Crippen LogP contribution in [0.3, 0.4) is 0 Å². The number of hydrogen-bond donors (Lipinski definition) is 0. The number of ketones is 1. The Morgan fingerprint density at radius 1 is 1.35 bits per heavy atom. The Bertz CT molecular complexity index is 666. The van der Waals surface area contributed by atoms with Gasteiger partial charge in [-0.2, -0.15) is 4.98 Å². The van der Waals surface area contributed by atoms with Crippen molar-refractivity contribution in [3.8, 4) is 0 Å². The second-order valence-electron chi connectivity index (χ2n) is 8.12. The highest BCUT2D eigenvalue weighted by Crippen LogP contribution is 2.36. The lowest BCUT2D eigenvalue weighted by atomic mass is 9.80. The van der Waals surface area contributed by atoms with Crippen LogP contribution in [-0.4, -0.2) is 52.3 Å². The summed E-state index contributed by atoms with van der Waals surface area (Å²) < 4.78 is 16.5. The normalized spacial score (nSPS) is 27.5. The van der Waals surface area contributed by atoms with Gasteiger partial charge < -0.3 is 14.0 Å². The first-order valence-corrected chi connectivity index (χ1v) is 9.17. The molecule has 3 rings (SSSR count). The van der Waals surface area contributed by atoms with Crippen molar-refractivity contribution in [2.24, 2.45) is 5.92 Å². The highest BCUT2D eigenvalue weighted by Gasteiger charge is 2.37. The lowest BCUT2D eigenvalue weighted by Gasteiger charge is -2.34. The van der Waals surface area contributed by atoms with Gasteiger partial charge in [-0.05, 0) is 33.1 Å². The average molecular weight is 365 g/mol. The molecule has 8 heteroatoms. The van der Waals surface area contributed by atoms with Crippen LogP contribution in [0, 0.1) is 5.92 Å². The molecule has 26 heavy (non-hydrogen) atoms. The van der Waals surface area contributed by atoms with Crippen molar-refractivity contribution < 1.29 is 23.6 Å². The number of carbonyl (C=O) groups excluding carboxylic acids is 2. The van der Waals surface area contributed by atoms with Crippen molar-refractivity contribution in [1.82, 2.24) is 15.0 Å². The number of morpholine rings is 1. The van der Waals surface area contributed by atoms with Gasteiger partial charge in [0.05, 0.1) is 13.2 Å². The maximum Gasteiger partial charge on any atom is 0.411 e. The smallest absolute Gasteiger partial charge is 0.411 e. The van der Waals surface area contributed by atoms with E-state index in [1.54, 1.807) is 4.90 Å². The number of carbonyl (C=O) groups is 2. The molecule has 1 saturated heterocycles. The molecule has 1 aliphatic carbocycles. The Morgan fingerprint density at radius 3 is 2.81 bits per heavy atom. The third kappa shape index (κ3) is 4.23. The first-order chi connectivity index (χ1) is 12.2. The maximum atomic E-state index is 12.5. The average Bonchev–Trinajstić information content (AvgIpc) is 3.03. The molecule has 2 aliphatic rings. The molecule has 0 radical (unpaired) electrons. The second-order valence-corrected chi connectivity index (χ2v) is 8.12. The first-order valence-electron chi connectivity index (χ1n) is 9.17. The van der Waals surface area contributed by atoms with Gasteiger partial charge in [0.15, 0.2) is 5.82 Å². The summed E-state index contributed by atoms with van der Waals surface area (Å²) in [5.74, 6) is 1.50. The molecular formula is C18H27N3O5. The van der Waals surface area contributed by atoms with E-state index < -0.39 is 17.7 Å². The van der Waals surface area contributed by atoms with Gasteiger partial charge in [0.2, 0.25) is 5.89 Å². The Labute approximate surface area is 153 Å². The van der Waals surface area contributed by atoms with Crippen LogP contribution in [0.25, 0.3) is 0 Å². The van der Waals surface area contributed by atoms with Crippen molar-refractivity contribution in [3.63, 3.8) is 0 Å². The van der Waals surface area contributed by atoms with E-state index in [0.29, 0.717) is 44.3 Å². The minimum atomic E-state index is -0.577. The molecule has 0 N–H and O–H groups in total. The first kappa shape index (κ1) is 18.8. The largest absolute Gasteiger partial charge is 0.444 e. The van der Waals surface area contributed by atoms with Gasteiger partial charge in [-0.3, -0.25) is 9.69 Å². The monoisotopic (exact) mass is 365 g/mol. The molecule has 0 spiro atoms. The molecule has 1 aromatic rings. The number of amides is 1. The Balaban J connectivity index is 1.75. The fraction of sp³-hybridized carbons (Fsp3) is 0.778. The summed E-state index contributed by atoms with van der Waals surface area (Å²) in [4.78, 5) is 30.3. The molecule has 1 aromatic heterocycles. The number of nitrogens with zero attached hydrogens (tertiary/aromatic N) is 3. The van der Waals surface area contributed by atoms with Crippen LogP contribution in [-0.2, 0) is 14.3 Å². The van der Waals surface area contributed by atoms with E-state index in [1.807, 2.05) is 27.7 Å². The highest BCUT2D eigenvalue weighted by atomic mass is 16.6. The summed E-state index contributed by atoms with van der Waals surface area (Å²) in [5.41, 5.74) is -0.577. The zero-order valence-electron chi connectivity index (χ0n) is 15.9. The van der Waals surface area contributed by atoms with Gasteiger partial charge >= 0.3 is 6.09 Å². The van der Waals surface area contributed by atoms with Crippen LogP contribution in [0.5, 0.6) is 0 Å². The van der Waals surface area contributed by atoms with Crippen LogP contribution in [0.4, 0.5) is 4.79 Å². The number of ether oxygens (including phenoxy) is 2. The third-order valence-corrected chi connectivity index (χ3v) is 4.80. The molecule has 3 atom stereocenters. The molecule has 144 valence electrons. The van der Waals surface area contributed by atoms with Crippen LogP contribution in [0.15, 0.2) is 4.52 Å². The van der Waals surface area contributed by atoms with E-state index in [2.05, 4.69) is 10.1 Å². The lowest BCUT2D eigenvalue weighted by Crippen LogP contribution is -2.46. The van der Waals surface area contributed by atoms with Crippen LogP contribution >= 0.6 is 0 Å². The fourth-order valence-corrected chi connectivity index (χ4v) is 3.46. The van der Waals surface area contributed by atoms with E-state index in [0.717, 1.165) is 6.42 Å². The molecule has 1 amide bonds. The zero-order valence-corrected chi connectivity index (χ0v) is 15.9. The molecule has 1 aliphatic heterocycles. The van der Waals surface area contributed by atoms with Crippen LogP contribution < -0.4 is 0 Å². The van der Waals surface area contributed by atoms with Crippen molar-refractivity contribution in [2.45, 2.75) is 64.5 Å². The van der Waals surface area contributed by atoms with Crippen LogP contribution in [0.1, 0.15) is 70.6 Å². The molecule has 2 fully saturated rings. The summed E-state index contributed by atoms with van der Waals surface area (Å²) >= 11 is 0. The topological polar surface area (TPSA) is 94.8 Å². The molecule has 3 unspecified atom stereocenters. The van der Waals surface area contributed by atoms with Gasteiger partial charge in [0.25, 0.3) is 0 Å². The zero-order chi connectivity index (χ0) is 18.9. The number of rotatable bonds is 2. The Hall–Kier alpha value is -1.96. The fourth-order valence-electron chi connectivity index (χ4n) is 3.46. The van der Waals surface area contributed by atoms with E-state index in [1.165, 1.54) is 0 Å². The van der Waals surface area contributed by atoms with E-state index in [9.17, 15) is 9.59 Å². The number of aromatic nitrogens is 2. The highest BCUT2D eigenvalue weighted by molar-refractivity contribution is 5.79. The SMILES string of the molecule is CC1CC(=O)CCC1c1nc(C2COCCN2C(=O)OC(C)(C)C)no1. The van der Waals surface area contributed by atoms with Crippen molar-refractivity contribution in [3.05, 3.63) is 11.7 Å². The lowest BCUT2D eigenvalue weighted by molar-refractivity contribution is -0.121. The second kappa shape index (κ2) is 7.34. The predicted octanol–water partition coefficient (Wildman–Crippen LogP) is 2.85. The summed E-state index contributed by atoms with van der Waals surface area (Å²) in [5, 5.41) is 4.10. The van der Waals surface area contributed by atoms with E-state index in [-0.39, 0.29) is 17.6 Å². The Morgan fingerprint density at radius 2 is 2.12 bits per heavy atom. The number of Topliss-reactive ketones (excluding diaryl/α,β-unsaturated/α-hetero) is 1. The molecule has 1 saturated carbocycles. The van der Waals surface area contributed by atoms with Gasteiger partial charge in [-0.15, -0.1) is 0 Å². The molecule has 2 heterocycles. The minimum absolute atomic E-state index is 0.0773. The molecule has 0 bridgehead atoms. The Kier molecular flexibility index (Phi) is 5.32. The quantitative estimate of drug-likeness (QED) is 0.795. The van der Waals surface area contributed by atoms with Crippen molar-refractivity contribution in [2.75, 3.05) is 19.8 Å². The molecular weight excluding hydrogens is 338 g/mol. The van der Waals surface area contributed by atoms with Gasteiger partial charge in [0, 0.05) is 25.3 Å². The third-order valence-electron chi connectivity index (χ3n) is 4.80. The standard InChI is InChI=1S/C18H27N3O5/c1-11-9-12(22)5-6-13(11)16-19-15(20-26-16)14-10-24-8-7-21(14)17(23)25-18(2,3)4/h11,13-14H,5-10H2,1-4H3. The summed E-state index contributed by atoms with van der Waals surface area (Å²) in [6, 6.07) is -0.434. The van der Waals surface area contributed by atoms with E-state index >= 15 is 0 Å².